The maximum absolute atomic E-state index is 12.5. The van der Waals surface area contributed by atoms with Gasteiger partial charge in [0.15, 0.2) is 5.78 Å². The van der Waals surface area contributed by atoms with Crippen LogP contribution in [0.25, 0.3) is 6.08 Å². The van der Waals surface area contributed by atoms with Gasteiger partial charge in [-0.15, -0.1) is 0 Å². The zero-order valence-corrected chi connectivity index (χ0v) is 14.8. The molecule has 8 nitrogen and oxygen atoms in total. The molecule has 8 heteroatoms. The van der Waals surface area contributed by atoms with Crippen LogP contribution in [0.15, 0.2) is 35.7 Å². The fourth-order valence-corrected chi connectivity index (χ4v) is 2.42. The summed E-state index contributed by atoms with van der Waals surface area (Å²) in [5, 5.41) is 14.3. The molecule has 0 spiro atoms. The average molecular weight is 339 g/mol. The first-order valence-corrected chi connectivity index (χ1v) is 8.10. The van der Waals surface area contributed by atoms with Gasteiger partial charge in [-0.05, 0) is 61.0 Å². The molecule has 0 aliphatic carbocycles. The predicted octanol–water partition coefficient (Wildman–Crippen LogP) is 1.89. The summed E-state index contributed by atoms with van der Waals surface area (Å²) in [7, 11) is 2.00. The molecule has 2 aromatic rings. The molecular formula is C17H21N7O. The van der Waals surface area contributed by atoms with Crippen molar-refractivity contribution < 1.29 is 4.79 Å². The lowest BCUT2D eigenvalue weighted by molar-refractivity contribution is -0.111. The lowest BCUT2D eigenvalue weighted by Crippen LogP contribution is -2.26. The third-order valence-electron chi connectivity index (χ3n) is 4.22. The second-order valence-corrected chi connectivity index (χ2v) is 6.24. The SMILES string of the molecule is CC1=C(C(=O)/C=C/c2ccc(N(C)C(C)C)nc2)Cn2nnnc2N1. The van der Waals surface area contributed by atoms with Crippen molar-refractivity contribution in [2.24, 2.45) is 0 Å². The molecule has 0 amide bonds. The highest BCUT2D eigenvalue weighted by Gasteiger charge is 2.20. The second kappa shape index (κ2) is 6.84. The van der Waals surface area contributed by atoms with Crippen molar-refractivity contribution in [3.05, 3.63) is 41.2 Å². The number of tetrazole rings is 1. The Morgan fingerprint density at radius 2 is 2.20 bits per heavy atom. The number of nitrogens with one attached hydrogen (secondary N) is 1. The molecule has 0 saturated carbocycles. The largest absolute Gasteiger partial charge is 0.357 e. The van der Waals surface area contributed by atoms with E-state index in [1.54, 1.807) is 23.0 Å². The summed E-state index contributed by atoms with van der Waals surface area (Å²) in [6.07, 6.45) is 5.08. The van der Waals surface area contributed by atoms with Gasteiger partial charge >= 0.3 is 0 Å². The zero-order valence-electron chi connectivity index (χ0n) is 14.8. The summed E-state index contributed by atoms with van der Waals surface area (Å²) in [5.74, 6) is 1.38. The Kier molecular flexibility index (Phi) is 4.60. The summed E-state index contributed by atoms with van der Waals surface area (Å²) in [6.45, 7) is 6.43. The maximum atomic E-state index is 12.5. The van der Waals surface area contributed by atoms with Crippen molar-refractivity contribution in [2.75, 3.05) is 17.3 Å². The van der Waals surface area contributed by atoms with Crippen molar-refractivity contribution in [2.45, 2.75) is 33.4 Å². The van der Waals surface area contributed by atoms with E-state index < -0.39 is 0 Å². The first kappa shape index (κ1) is 16.8. The van der Waals surface area contributed by atoms with Crippen LogP contribution in [0.5, 0.6) is 0 Å². The van der Waals surface area contributed by atoms with Gasteiger partial charge in [0.05, 0.1) is 6.54 Å². The van der Waals surface area contributed by atoms with Gasteiger partial charge in [-0.1, -0.05) is 5.10 Å². The standard InChI is InChI=1S/C17H21N7O/c1-11(2)23(4)16-8-6-13(9-18-16)5-7-15(25)14-10-24-17(19-12(14)3)20-21-22-24/h5-9,11H,10H2,1-4H3,(H,19,20,22)/b7-5+. The summed E-state index contributed by atoms with van der Waals surface area (Å²) < 4.78 is 1.56. The number of carbonyl (C=O) groups is 1. The molecule has 3 rings (SSSR count). The molecule has 0 fully saturated rings. The first-order valence-electron chi connectivity index (χ1n) is 8.10. The van der Waals surface area contributed by atoms with Crippen LogP contribution in [0.3, 0.4) is 0 Å². The number of allylic oxidation sites excluding steroid dienone is 3. The van der Waals surface area contributed by atoms with Crippen LogP contribution in [0, 0.1) is 0 Å². The number of anilines is 2. The minimum atomic E-state index is -0.0745. The zero-order chi connectivity index (χ0) is 18.0. The van der Waals surface area contributed by atoms with Crippen molar-refractivity contribution in [3.8, 4) is 0 Å². The van der Waals surface area contributed by atoms with Gasteiger partial charge in [0.25, 0.3) is 0 Å². The second-order valence-electron chi connectivity index (χ2n) is 6.24. The van der Waals surface area contributed by atoms with Crippen molar-refractivity contribution in [3.63, 3.8) is 0 Å². The summed E-state index contributed by atoms with van der Waals surface area (Å²) in [4.78, 5) is 19.0. The number of fused-ring (bicyclic) bond motifs is 1. The van der Waals surface area contributed by atoms with Gasteiger partial charge in [0, 0.05) is 30.6 Å². The van der Waals surface area contributed by atoms with Crippen molar-refractivity contribution in [1.82, 2.24) is 25.2 Å². The van der Waals surface area contributed by atoms with E-state index in [0.29, 0.717) is 24.1 Å². The third-order valence-corrected chi connectivity index (χ3v) is 4.22. The molecule has 1 N–H and O–H groups in total. The Morgan fingerprint density at radius 3 is 2.88 bits per heavy atom. The fraction of sp³-hybridized carbons (Fsp3) is 0.353. The Morgan fingerprint density at radius 1 is 1.40 bits per heavy atom. The quantitative estimate of drug-likeness (QED) is 0.832. The minimum Gasteiger partial charge on any atom is -0.357 e. The fourth-order valence-electron chi connectivity index (χ4n) is 2.42. The number of aromatic nitrogens is 5. The monoisotopic (exact) mass is 339 g/mol. The minimum absolute atomic E-state index is 0.0745. The van der Waals surface area contributed by atoms with Crippen molar-refractivity contribution in [1.29, 1.82) is 0 Å². The molecule has 3 heterocycles. The van der Waals surface area contributed by atoms with Crippen LogP contribution < -0.4 is 10.2 Å². The molecule has 1 aliphatic heterocycles. The highest BCUT2D eigenvalue weighted by molar-refractivity contribution is 6.07. The Hall–Kier alpha value is -3.03. The van der Waals surface area contributed by atoms with Crippen LogP contribution >= 0.6 is 0 Å². The number of hydrogen-bond donors (Lipinski definition) is 1. The van der Waals surface area contributed by atoms with Gasteiger partial charge in [-0.25, -0.2) is 9.67 Å². The number of pyridine rings is 1. The van der Waals surface area contributed by atoms with E-state index in [2.05, 4.69) is 44.6 Å². The van der Waals surface area contributed by atoms with Crippen LogP contribution in [-0.2, 0) is 11.3 Å². The molecule has 0 saturated heterocycles. The first-order chi connectivity index (χ1) is 12.0. The van der Waals surface area contributed by atoms with Crippen LogP contribution in [0.4, 0.5) is 11.8 Å². The molecule has 0 bridgehead atoms. The Labute approximate surface area is 146 Å². The smallest absolute Gasteiger partial charge is 0.247 e. The summed E-state index contributed by atoms with van der Waals surface area (Å²) >= 11 is 0. The molecule has 130 valence electrons. The van der Waals surface area contributed by atoms with E-state index in [9.17, 15) is 4.79 Å². The highest BCUT2D eigenvalue weighted by atomic mass is 16.1. The predicted molar refractivity (Wildman–Crippen MR) is 96.0 cm³/mol. The summed E-state index contributed by atoms with van der Waals surface area (Å²) in [6, 6.07) is 4.27. The van der Waals surface area contributed by atoms with E-state index in [4.69, 9.17) is 0 Å². The third kappa shape index (κ3) is 3.57. The Bertz CT molecular complexity index is 833. The van der Waals surface area contributed by atoms with E-state index in [1.807, 2.05) is 26.1 Å². The van der Waals surface area contributed by atoms with Gasteiger partial charge < -0.3 is 10.2 Å². The normalized spacial score (nSPS) is 14.0. The Balaban J connectivity index is 1.70. The number of ketones is 1. The maximum Gasteiger partial charge on any atom is 0.247 e. The molecule has 0 aromatic carbocycles. The topological polar surface area (TPSA) is 88.8 Å². The van der Waals surface area contributed by atoms with Gasteiger partial charge in [0.1, 0.15) is 5.82 Å². The molecule has 2 aromatic heterocycles. The molecule has 25 heavy (non-hydrogen) atoms. The molecule has 0 unspecified atom stereocenters. The van der Waals surface area contributed by atoms with Crippen LogP contribution in [-0.4, -0.2) is 44.1 Å². The van der Waals surface area contributed by atoms with Crippen LogP contribution in [0.2, 0.25) is 0 Å². The highest BCUT2D eigenvalue weighted by Crippen LogP contribution is 2.19. The molecule has 0 atom stereocenters. The van der Waals surface area contributed by atoms with E-state index in [1.165, 1.54) is 0 Å². The van der Waals surface area contributed by atoms with Gasteiger partial charge in [-0.2, -0.15) is 0 Å². The number of rotatable bonds is 5. The number of hydrogen-bond acceptors (Lipinski definition) is 7. The molecule has 1 aliphatic rings. The lowest BCUT2D eigenvalue weighted by atomic mass is 10.1. The van der Waals surface area contributed by atoms with Gasteiger partial charge in [0.2, 0.25) is 5.95 Å². The number of nitrogens with zero attached hydrogens (tertiary/aromatic N) is 6. The average Bonchev–Trinajstić information content (AvgIpc) is 3.05. The van der Waals surface area contributed by atoms with E-state index in [-0.39, 0.29) is 5.78 Å². The van der Waals surface area contributed by atoms with E-state index >= 15 is 0 Å². The van der Waals surface area contributed by atoms with E-state index in [0.717, 1.165) is 17.1 Å². The molecular weight excluding hydrogens is 318 g/mol. The lowest BCUT2D eigenvalue weighted by Gasteiger charge is -2.22. The molecule has 0 radical (unpaired) electrons. The van der Waals surface area contributed by atoms with Crippen molar-refractivity contribution >= 4 is 23.6 Å². The summed E-state index contributed by atoms with van der Waals surface area (Å²) in [5.41, 5.74) is 2.28. The van der Waals surface area contributed by atoms with Gasteiger partial charge in [-0.3, -0.25) is 4.79 Å². The number of carbonyl (C=O) groups excluding carboxylic acids is 1. The van der Waals surface area contributed by atoms with Crippen LogP contribution in [0.1, 0.15) is 26.3 Å².